The Hall–Kier alpha value is -1.87. The van der Waals surface area contributed by atoms with E-state index in [4.69, 9.17) is 26.8 Å². The molecule has 0 heterocycles. The smallest absolute Gasteiger partial charge is 0.162 e. The molecular weight excluding hydrogens is 250 g/mol. The van der Waals surface area contributed by atoms with Gasteiger partial charge in [0.05, 0.1) is 7.11 Å². The van der Waals surface area contributed by atoms with Gasteiger partial charge >= 0.3 is 0 Å². The fourth-order valence-electron chi connectivity index (χ4n) is 1.59. The molecule has 94 valence electrons. The predicted molar refractivity (Wildman–Crippen MR) is 73.2 cm³/mol. The highest BCUT2D eigenvalue weighted by atomic mass is 35.5. The van der Waals surface area contributed by atoms with Gasteiger partial charge in [0, 0.05) is 16.8 Å². The number of anilines is 1. The lowest BCUT2D eigenvalue weighted by Gasteiger charge is -2.11. The molecule has 18 heavy (non-hydrogen) atoms. The van der Waals surface area contributed by atoms with Gasteiger partial charge in [-0.15, -0.1) is 0 Å². The Labute approximate surface area is 111 Å². The average Bonchev–Trinajstić information content (AvgIpc) is 2.37. The van der Waals surface area contributed by atoms with Crippen molar-refractivity contribution in [1.82, 2.24) is 0 Å². The van der Waals surface area contributed by atoms with E-state index in [0.717, 1.165) is 5.56 Å². The lowest BCUT2D eigenvalue weighted by atomic mass is 10.2. The zero-order valence-electron chi connectivity index (χ0n) is 10.0. The van der Waals surface area contributed by atoms with Crippen LogP contribution in [0.3, 0.4) is 0 Å². The molecule has 0 aliphatic rings. The number of benzene rings is 2. The highest BCUT2D eigenvalue weighted by Crippen LogP contribution is 2.29. The number of nitrogens with two attached hydrogens (primary N) is 1. The van der Waals surface area contributed by atoms with Crippen molar-refractivity contribution >= 4 is 17.3 Å². The van der Waals surface area contributed by atoms with Gasteiger partial charge in [-0.25, -0.2) is 0 Å². The molecule has 0 aliphatic heterocycles. The minimum atomic E-state index is 0.431. The summed E-state index contributed by atoms with van der Waals surface area (Å²) in [5, 5.41) is 0.695. The first kappa shape index (κ1) is 12.6. The highest BCUT2D eigenvalue weighted by Gasteiger charge is 2.05. The molecule has 3 nitrogen and oxygen atoms in total. The molecule has 0 fully saturated rings. The summed E-state index contributed by atoms with van der Waals surface area (Å²) in [6.07, 6.45) is 0. The summed E-state index contributed by atoms with van der Waals surface area (Å²) in [4.78, 5) is 0. The fourth-order valence-corrected chi connectivity index (χ4v) is 1.80. The monoisotopic (exact) mass is 263 g/mol. The lowest BCUT2D eigenvalue weighted by molar-refractivity contribution is 0.284. The first-order valence-electron chi connectivity index (χ1n) is 5.50. The molecule has 0 bridgehead atoms. The maximum absolute atomic E-state index is 5.91. The molecule has 2 rings (SSSR count). The number of ether oxygens (including phenoxy) is 2. The van der Waals surface area contributed by atoms with Crippen molar-refractivity contribution in [1.29, 1.82) is 0 Å². The standard InChI is InChI=1S/C14H14ClNO2/c1-17-14-8-12(16)5-6-13(14)18-9-10-3-2-4-11(15)7-10/h2-8H,9,16H2,1H3. The third kappa shape index (κ3) is 3.08. The van der Waals surface area contributed by atoms with E-state index >= 15 is 0 Å². The molecule has 0 saturated heterocycles. The van der Waals surface area contributed by atoms with Crippen LogP contribution in [-0.4, -0.2) is 7.11 Å². The maximum atomic E-state index is 5.91. The van der Waals surface area contributed by atoms with E-state index in [2.05, 4.69) is 0 Å². The van der Waals surface area contributed by atoms with E-state index in [0.29, 0.717) is 28.8 Å². The molecule has 0 aliphatic carbocycles. The Kier molecular flexibility index (Phi) is 3.95. The van der Waals surface area contributed by atoms with Gasteiger partial charge < -0.3 is 15.2 Å². The summed E-state index contributed by atoms with van der Waals surface area (Å²) in [5.74, 6) is 1.28. The summed E-state index contributed by atoms with van der Waals surface area (Å²) in [6, 6.07) is 12.8. The van der Waals surface area contributed by atoms with Gasteiger partial charge in [-0.1, -0.05) is 23.7 Å². The van der Waals surface area contributed by atoms with Crippen LogP contribution in [-0.2, 0) is 6.61 Å². The third-order valence-electron chi connectivity index (χ3n) is 2.47. The van der Waals surface area contributed by atoms with Crippen molar-refractivity contribution in [3.05, 3.63) is 53.1 Å². The van der Waals surface area contributed by atoms with Crippen LogP contribution >= 0.6 is 11.6 Å². The van der Waals surface area contributed by atoms with Crippen LogP contribution in [0.4, 0.5) is 5.69 Å². The molecule has 0 unspecified atom stereocenters. The topological polar surface area (TPSA) is 44.5 Å². The quantitative estimate of drug-likeness (QED) is 0.859. The second-order valence-corrected chi connectivity index (χ2v) is 4.27. The zero-order chi connectivity index (χ0) is 13.0. The predicted octanol–water partition coefficient (Wildman–Crippen LogP) is 3.51. The molecule has 0 spiro atoms. The number of hydrogen-bond donors (Lipinski definition) is 1. The van der Waals surface area contributed by atoms with Crippen molar-refractivity contribution in [3.8, 4) is 11.5 Å². The van der Waals surface area contributed by atoms with Gasteiger partial charge in [0.2, 0.25) is 0 Å². The molecule has 0 saturated carbocycles. The van der Waals surface area contributed by atoms with Crippen LogP contribution in [0.15, 0.2) is 42.5 Å². The van der Waals surface area contributed by atoms with Crippen molar-refractivity contribution in [2.45, 2.75) is 6.61 Å². The van der Waals surface area contributed by atoms with E-state index in [1.165, 1.54) is 0 Å². The number of nitrogen functional groups attached to an aromatic ring is 1. The van der Waals surface area contributed by atoms with Crippen LogP contribution in [0.1, 0.15) is 5.56 Å². The first-order chi connectivity index (χ1) is 8.69. The summed E-state index contributed by atoms with van der Waals surface area (Å²) in [6.45, 7) is 0.431. The van der Waals surface area contributed by atoms with Crippen LogP contribution < -0.4 is 15.2 Å². The van der Waals surface area contributed by atoms with E-state index in [-0.39, 0.29) is 0 Å². The Balaban J connectivity index is 2.10. The highest BCUT2D eigenvalue weighted by molar-refractivity contribution is 6.30. The van der Waals surface area contributed by atoms with Crippen LogP contribution in [0, 0.1) is 0 Å². The van der Waals surface area contributed by atoms with Crippen molar-refractivity contribution < 1.29 is 9.47 Å². The molecule has 0 radical (unpaired) electrons. The van der Waals surface area contributed by atoms with Gasteiger partial charge in [-0.2, -0.15) is 0 Å². The summed E-state index contributed by atoms with van der Waals surface area (Å²) < 4.78 is 10.9. The molecule has 2 N–H and O–H groups in total. The van der Waals surface area contributed by atoms with E-state index in [1.807, 2.05) is 24.3 Å². The third-order valence-corrected chi connectivity index (χ3v) is 2.71. The van der Waals surface area contributed by atoms with E-state index in [9.17, 15) is 0 Å². The minimum absolute atomic E-state index is 0.431. The normalized spacial score (nSPS) is 10.1. The Morgan fingerprint density at radius 2 is 1.94 bits per heavy atom. The van der Waals surface area contributed by atoms with Gasteiger partial charge in [0.1, 0.15) is 6.61 Å². The number of hydrogen-bond acceptors (Lipinski definition) is 3. The summed E-state index contributed by atoms with van der Waals surface area (Å²) >= 11 is 5.91. The minimum Gasteiger partial charge on any atom is -0.493 e. The van der Waals surface area contributed by atoms with Gasteiger partial charge in [0.15, 0.2) is 11.5 Å². The van der Waals surface area contributed by atoms with Crippen molar-refractivity contribution in [2.24, 2.45) is 0 Å². The second-order valence-electron chi connectivity index (χ2n) is 3.83. The van der Waals surface area contributed by atoms with E-state index in [1.54, 1.807) is 25.3 Å². The molecule has 2 aromatic carbocycles. The van der Waals surface area contributed by atoms with Crippen molar-refractivity contribution in [2.75, 3.05) is 12.8 Å². The van der Waals surface area contributed by atoms with E-state index < -0.39 is 0 Å². The second kappa shape index (κ2) is 5.65. The van der Waals surface area contributed by atoms with Gasteiger partial charge in [-0.3, -0.25) is 0 Å². The maximum Gasteiger partial charge on any atom is 0.162 e. The zero-order valence-corrected chi connectivity index (χ0v) is 10.8. The van der Waals surface area contributed by atoms with Crippen molar-refractivity contribution in [3.63, 3.8) is 0 Å². The molecule has 0 amide bonds. The molecule has 0 aromatic heterocycles. The Morgan fingerprint density at radius 3 is 2.67 bits per heavy atom. The molecular formula is C14H14ClNO2. The van der Waals surface area contributed by atoms with Gasteiger partial charge in [0.25, 0.3) is 0 Å². The van der Waals surface area contributed by atoms with Crippen LogP contribution in [0.25, 0.3) is 0 Å². The number of halogens is 1. The number of methoxy groups -OCH3 is 1. The average molecular weight is 264 g/mol. The first-order valence-corrected chi connectivity index (χ1v) is 5.87. The van der Waals surface area contributed by atoms with Gasteiger partial charge in [-0.05, 0) is 29.8 Å². The SMILES string of the molecule is COc1cc(N)ccc1OCc1cccc(Cl)c1. The molecule has 2 aromatic rings. The summed E-state index contributed by atoms with van der Waals surface area (Å²) in [7, 11) is 1.58. The lowest BCUT2D eigenvalue weighted by Crippen LogP contribution is -1.98. The van der Waals surface area contributed by atoms with Crippen LogP contribution in [0.5, 0.6) is 11.5 Å². The largest absolute Gasteiger partial charge is 0.493 e. The Bertz CT molecular complexity index is 543. The summed E-state index contributed by atoms with van der Waals surface area (Å²) in [5.41, 5.74) is 7.32. The molecule has 4 heteroatoms. The number of rotatable bonds is 4. The Morgan fingerprint density at radius 1 is 1.11 bits per heavy atom. The molecule has 0 atom stereocenters. The van der Waals surface area contributed by atoms with Crippen LogP contribution in [0.2, 0.25) is 5.02 Å². The fraction of sp³-hybridized carbons (Fsp3) is 0.143.